The molecule has 0 N–H and O–H groups in total. The number of aromatic nitrogens is 1. The second-order valence-electron chi connectivity index (χ2n) is 15.7. The molecule has 0 aliphatic rings. The Morgan fingerprint density at radius 1 is 0.274 bits per heavy atom. The van der Waals surface area contributed by atoms with E-state index in [1.807, 2.05) is 0 Å². The van der Waals surface area contributed by atoms with E-state index in [9.17, 15) is 0 Å². The molecule has 11 aromatic rings. The van der Waals surface area contributed by atoms with Gasteiger partial charge in [0.1, 0.15) is 0 Å². The van der Waals surface area contributed by atoms with Gasteiger partial charge in [-0.3, -0.25) is 0 Å². The van der Waals surface area contributed by atoms with Crippen LogP contribution in [0.2, 0.25) is 0 Å². The van der Waals surface area contributed by atoms with Crippen molar-refractivity contribution in [1.29, 1.82) is 0 Å². The van der Waals surface area contributed by atoms with Crippen molar-refractivity contribution in [3.63, 3.8) is 0 Å². The summed E-state index contributed by atoms with van der Waals surface area (Å²) < 4.78 is 2.44. The Morgan fingerprint density at radius 3 is 1.31 bits per heavy atom. The van der Waals surface area contributed by atoms with Crippen molar-refractivity contribution in [2.24, 2.45) is 0 Å². The Balaban J connectivity index is 1.04. The average Bonchev–Trinajstić information content (AvgIpc) is 3.69. The molecule has 292 valence electrons. The van der Waals surface area contributed by atoms with Gasteiger partial charge in [-0.1, -0.05) is 200 Å². The van der Waals surface area contributed by atoms with E-state index in [0.29, 0.717) is 0 Å². The van der Waals surface area contributed by atoms with Gasteiger partial charge in [-0.15, -0.1) is 0 Å². The molecule has 0 aliphatic heterocycles. The molecule has 0 amide bonds. The zero-order valence-electron chi connectivity index (χ0n) is 34.1. The zero-order chi connectivity index (χ0) is 41.2. The first-order valence-electron chi connectivity index (χ1n) is 21.3. The van der Waals surface area contributed by atoms with Gasteiger partial charge < -0.3 is 9.47 Å². The molecule has 0 bridgehead atoms. The molecule has 1 aromatic heterocycles. The number of fused-ring (bicyclic) bond motifs is 3. The minimum Gasteiger partial charge on any atom is -0.310 e. The summed E-state index contributed by atoms with van der Waals surface area (Å²) in [5.41, 5.74) is 18.7. The highest BCUT2D eigenvalue weighted by Crippen LogP contribution is 2.44. The van der Waals surface area contributed by atoms with E-state index >= 15 is 0 Å². The summed E-state index contributed by atoms with van der Waals surface area (Å²) in [4.78, 5) is 2.39. The van der Waals surface area contributed by atoms with Crippen molar-refractivity contribution >= 4 is 38.9 Å². The summed E-state index contributed by atoms with van der Waals surface area (Å²) in [6, 6.07) is 92.0. The Morgan fingerprint density at radius 2 is 0.694 bits per heavy atom. The molecule has 0 saturated heterocycles. The normalized spacial score (nSPS) is 11.2. The van der Waals surface area contributed by atoms with Gasteiger partial charge in [0.2, 0.25) is 0 Å². The summed E-state index contributed by atoms with van der Waals surface area (Å²) in [6.07, 6.45) is 0. The summed E-state index contributed by atoms with van der Waals surface area (Å²) in [6.45, 7) is 0. The van der Waals surface area contributed by atoms with E-state index in [4.69, 9.17) is 0 Å². The largest absolute Gasteiger partial charge is 0.310 e. The van der Waals surface area contributed by atoms with Crippen molar-refractivity contribution in [3.05, 3.63) is 255 Å². The predicted octanol–water partition coefficient (Wildman–Crippen LogP) is 16.6. The average molecular weight is 791 g/mol. The van der Waals surface area contributed by atoms with Crippen LogP contribution >= 0.6 is 0 Å². The number of rotatable bonds is 9. The molecule has 11 rings (SSSR count). The molecule has 0 radical (unpaired) electrons. The summed E-state index contributed by atoms with van der Waals surface area (Å²) in [7, 11) is 0. The fourth-order valence-electron chi connectivity index (χ4n) is 9.12. The maximum absolute atomic E-state index is 2.44. The second-order valence-corrected chi connectivity index (χ2v) is 15.7. The van der Waals surface area contributed by atoms with Gasteiger partial charge in [0, 0.05) is 33.3 Å². The first-order chi connectivity index (χ1) is 30.8. The number of hydrogen-bond donors (Lipinski definition) is 0. The topological polar surface area (TPSA) is 8.17 Å². The van der Waals surface area contributed by atoms with E-state index in [2.05, 4.69) is 264 Å². The van der Waals surface area contributed by atoms with Gasteiger partial charge in [-0.25, -0.2) is 0 Å². The third-order valence-corrected chi connectivity index (χ3v) is 12.0. The predicted molar refractivity (Wildman–Crippen MR) is 263 cm³/mol. The lowest BCUT2D eigenvalue weighted by atomic mass is 9.92. The SMILES string of the molecule is c1ccc(-c2cccc(-c3ccc(N(c4ccc(-c5cccc(-n6c7ccccc7c7ccccc76)c5-c5ccccc5)cc4)c4ccccc4-c4ccccc4)cc3)c2)cc1. The third-order valence-electron chi connectivity index (χ3n) is 12.0. The molecule has 10 aromatic carbocycles. The number of anilines is 3. The van der Waals surface area contributed by atoms with Crippen LogP contribution in [0.1, 0.15) is 0 Å². The van der Waals surface area contributed by atoms with Gasteiger partial charge in [0.05, 0.1) is 22.4 Å². The molecule has 0 aliphatic carbocycles. The number of benzene rings is 10. The van der Waals surface area contributed by atoms with Crippen LogP contribution in [0, 0.1) is 0 Å². The molecular weight excluding hydrogens is 749 g/mol. The highest BCUT2D eigenvalue weighted by molar-refractivity contribution is 6.10. The first-order valence-corrected chi connectivity index (χ1v) is 21.3. The number of hydrogen-bond acceptors (Lipinski definition) is 1. The van der Waals surface area contributed by atoms with E-state index in [1.165, 1.54) is 71.9 Å². The van der Waals surface area contributed by atoms with Gasteiger partial charge in [-0.2, -0.15) is 0 Å². The molecule has 0 spiro atoms. The van der Waals surface area contributed by atoms with Crippen LogP contribution in [0.5, 0.6) is 0 Å². The Bertz CT molecular complexity index is 3260. The molecule has 1 heterocycles. The van der Waals surface area contributed by atoms with Crippen molar-refractivity contribution in [3.8, 4) is 61.3 Å². The fourth-order valence-corrected chi connectivity index (χ4v) is 9.12. The molecule has 2 heteroatoms. The van der Waals surface area contributed by atoms with Crippen molar-refractivity contribution < 1.29 is 0 Å². The van der Waals surface area contributed by atoms with Crippen molar-refractivity contribution in [2.45, 2.75) is 0 Å². The van der Waals surface area contributed by atoms with Crippen LogP contribution < -0.4 is 4.90 Å². The number of para-hydroxylation sites is 3. The molecule has 0 saturated carbocycles. The highest BCUT2D eigenvalue weighted by atomic mass is 15.1. The van der Waals surface area contributed by atoms with Crippen LogP contribution in [0.4, 0.5) is 17.1 Å². The molecule has 62 heavy (non-hydrogen) atoms. The molecule has 0 fully saturated rings. The molecular formula is C60H42N2. The summed E-state index contributed by atoms with van der Waals surface area (Å²) in [5.74, 6) is 0. The molecule has 2 nitrogen and oxygen atoms in total. The third kappa shape index (κ3) is 6.74. The molecule has 0 unspecified atom stereocenters. The lowest BCUT2D eigenvalue weighted by Crippen LogP contribution is -2.11. The molecule has 0 atom stereocenters. The quantitative estimate of drug-likeness (QED) is 0.141. The van der Waals surface area contributed by atoms with Crippen LogP contribution in [-0.4, -0.2) is 4.57 Å². The minimum absolute atomic E-state index is 1.08. The summed E-state index contributed by atoms with van der Waals surface area (Å²) in [5, 5.41) is 2.50. The maximum Gasteiger partial charge on any atom is 0.0546 e. The van der Waals surface area contributed by atoms with Gasteiger partial charge >= 0.3 is 0 Å². The van der Waals surface area contributed by atoms with Crippen LogP contribution in [0.15, 0.2) is 255 Å². The number of nitrogens with zero attached hydrogens (tertiary/aromatic N) is 2. The van der Waals surface area contributed by atoms with Gasteiger partial charge in [0.25, 0.3) is 0 Å². The van der Waals surface area contributed by atoms with Gasteiger partial charge in [0.15, 0.2) is 0 Å². The van der Waals surface area contributed by atoms with E-state index < -0.39 is 0 Å². The summed E-state index contributed by atoms with van der Waals surface area (Å²) >= 11 is 0. The fraction of sp³-hybridized carbons (Fsp3) is 0. The van der Waals surface area contributed by atoms with Gasteiger partial charge in [-0.05, 0) is 99.1 Å². The van der Waals surface area contributed by atoms with Crippen molar-refractivity contribution in [1.82, 2.24) is 4.57 Å². The Hall–Kier alpha value is -8.20. The first kappa shape index (κ1) is 36.8. The smallest absolute Gasteiger partial charge is 0.0546 e. The lowest BCUT2D eigenvalue weighted by Gasteiger charge is -2.28. The monoisotopic (exact) mass is 790 g/mol. The minimum atomic E-state index is 1.08. The van der Waals surface area contributed by atoms with Crippen LogP contribution in [0.25, 0.3) is 83.1 Å². The maximum atomic E-state index is 2.44. The van der Waals surface area contributed by atoms with Crippen molar-refractivity contribution in [2.75, 3.05) is 4.90 Å². The van der Waals surface area contributed by atoms with Crippen LogP contribution in [0.3, 0.4) is 0 Å². The highest BCUT2D eigenvalue weighted by Gasteiger charge is 2.21. The van der Waals surface area contributed by atoms with E-state index in [0.717, 1.165) is 28.3 Å². The lowest BCUT2D eigenvalue weighted by molar-refractivity contribution is 1.18. The second kappa shape index (κ2) is 16.1. The van der Waals surface area contributed by atoms with E-state index in [-0.39, 0.29) is 0 Å². The zero-order valence-corrected chi connectivity index (χ0v) is 34.1. The Labute approximate surface area is 362 Å². The van der Waals surface area contributed by atoms with Crippen LogP contribution in [-0.2, 0) is 0 Å². The van der Waals surface area contributed by atoms with E-state index in [1.54, 1.807) is 0 Å². The Kier molecular flexibility index (Phi) is 9.57. The standard InChI is InChI=1S/C60H42N2/c1-4-18-43(19-5-1)48-24-16-25-49(42-48)44-34-38-50(39-35-44)61(56-30-13-10-26-52(56)45-20-6-2-7-21-45)51-40-36-46(37-41-51)53-29-17-33-59(60(53)47-22-8-3-9-23-47)62-57-31-14-11-27-54(57)55-28-12-15-32-58(55)62/h1-42H.